The molecule has 1 aromatic carbocycles. The van der Waals surface area contributed by atoms with E-state index in [1.807, 2.05) is 31.2 Å². The van der Waals surface area contributed by atoms with Gasteiger partial charge in [0.05, 0.1) is 16.9 Å². The number of carbonyl (C=O) groups is 1. The molecule has 0 atom stereocenters. The fraction of sp³-hybridized carbons (Fsp3) is 0.333. The summed E-state index contributed by atoms with van der Waals surface area (Å²) in [6, 6.07) is 7.74. The maximum Gasteiger partial charge on any atom is 0.257 e. The van der Waals surface area contributed by atoms with Gasteiger partial charge in [-0.05, 0) is 39.8 Å². The van der Waals surface area contributed by atoms with Crippen LogP contribution in [0.2, 0.25) is 0 Å². The molecular formula is C15H19N3O2. The third kappa shape index (κ3) is 2.66. The molecule has 0 bridgehead atoms. The van der Waals surface area contributed by atoms with Gasteiger partial charge in [0.25, 0.3) is 5.91 Å². The molecule has 1 amide bonds. The highest BCUT2D eigenvalue weighted by molar-refractivity contribution is 6.23. The number of nitrogens with one attached hydrogen (secondary N) is 2. The number of hydrogen-bond acceptors (Lipinski definition) is 4. The van der Waals surface area contributed by atoms with Gasteiger partial charge in [-0.1, -0.05) is 17.7 Å². The second-order valence-electron chi connectivity index (χ2n) is 5.48. The van der Waals surface area contributed by atoms with Crippen molar-refractivity contribution in [1.29, 1.82) is 0 Å². The van der Waals surface area contributed by atoms with E-state index in [1.54, 1.807) is 20.8 Å². The maximum atomic E-state index is 11.9. The number of nitrogens with zero attached hydrogens (tertiary/aromatic N) is 1. The number of aryl methyl sites for hydroxylation is 1. The van der Waals surface area contributed by atoms with Crippen molar-refractivity contribution in [2.24, 2.45) is 5.10 Å². The summed E-state index contributed by atoms with van der Waals surface area (Å²) in [7, 11) is 0. The lowest BCUT2D eigenvalue weighted by Crippen LogP contribution is -2.38. The molecule has 5 nitrogen and oxygen atoms in total. The lowest BCUT2D eigenvalue weighted by Gasteiger charge is -2.17. The van der Waals surface area contributed by atoms with E-state index in [4.69, 9.17) is 0 Å². The Kier molecular flexibility index (Phi) is 3.53. The summed E-state index contributed by atoms with van der Waals surface area (Å²) in [4.78, 5) is 11.9. The van der Waals surface area contributed by atoms with E-state index in [0.717, 1.165) is 11.3 Å². The number of aliphatic hydroxyl groups excluding tert-OH is 1. The van der Waals surface area contributed by atoms with Gasteiger partial charge in [-0.2, -0.15) is 5.10 Å². The van der Waals surface area contributed by atoms with Crippen LogP contribution in [0, 0.1) is 6.92 Å². The molecule has 1 heterocycles. The van der Waals surface area contributed by atoms with Gasteiger partial charge >= 0.3 is 0 Å². The molecule has 5 heteroatoms. The fourth-order valence-electron chi connectivity index (χ4n) is 1.99. The van der Waals surface area contributed by atoms with Gasteiger partial charge in [0.1, 0.15) is 11.3 Å². The van der Waals surface area contributed by atoms with Gasteiger partial charge in [0.15, 0.2) is 0 Å². The molecule has 1 aliphatic rings. The first kappa shape index (κ1) is 14.1. The molecule has 106 valence electrons. The highest BCUT2D eigenvalue weighted by atomic mass is 16.3. The Bertz CT molecular complexity index is 598. The first-order chi connectivity index (χ1) is 9.31. The molecule has 3 N–H and O–H groups in total. The van der Waals surface area contributed by atoms with Gasteiger partial charge in [0, 0.05) is 0 Å². The topological polar surface area (TPSA) is 73.7 Å². The molecule has 0 saturated heterocycles. The Hall–Kier alpha value is -2.30. The molecule has 0 aromatic heterocycles. The monoisotopic (exact) mass is 273 g/mol. The van der Waals surface area contributed by atoms with Crippen molar-refractivity contribution in [2.75, 3.05) is 5.43 Å². The molecule has 0 fully saturated rings. The van der Waals surface area contributed by atoms with Crippen LogP contribution in [0.3, 0.4) is 0 Å². The summed E-state index contributed by atoms with van der Waals surface area (Å²) in [5, 5.41) is 16.9. The molecule has 0 unspecified atom stereocenters. The Morgan fingerprint density at radius 2 is 1.90 bits per heavy atom. The van der Waals surface area contributed by atoms with Crippen LogP contribution in [0.25, 0.3) is 0 Å². The van der Waals surface area contributed by atoms with Crippen LogP contribution in [0.5, 0.6) is 0 Å². The molecular weight excluding hydrogens is 254 g/mol. The van der Waals surface area contributed by atoms with Gasteiger partial charge in [-0.25, -0.2) is 0 Å². The van der Waals surface area contributed by atoms with E-state index in [0.29, 0.717) is 5.71 Å². The van der Waals surface area contributed by atoms with Crippen molar-refractivity contribution >= 4 is 17.3 Å². The van der Waals surface area contributed by atoms with Crippen molar-refractivity contribution in [1.82, 2.24) is 5.32 Å². The van der Waals surface area contributed by atoms with Crippen molar-refractivity contribution in [2.45, 2.75) is 33.2 Å². The fourth-order valence-corrected chi connectivity index (χ4v) is 1.99. The number of amides is 1. The number of carbonyl (C=O) groups excluding carboxylic acids is 1. The number of aliphatic hydroxyl groups is 1. The van der Waals surface area contributed by atoms with Crippen LogP contribution in [0.1, 0.15) is 26.3 Å². The Morgan fingerprint density at radius 3 is 2.40 bits per heavy atom. The Morgan fingerprint density at radius 1 is 1.30 bits per heavy atom. The summed E-state index contributed by atoms with van der Waals surface area (Å²) in [6.45, 7) is 7.18. The smallest absolute Gasteiger partial charge is 0.257 e. The van der Waals surface area contributed by atoms with E-state index < -0.39 is 5.54 Å². The van der Waals surface area contributed by atoms with Crippen molar-refractivity contribution in [3.8, 4) is 0 Å². The predicted molar refractivity (Wildman–Crippen MR) is 79.8 cm³/mol. The summed E-state index contributed by atoms with van der Waals surface area (Å²) in [5.41, 5.74) is 4.81. The van der Waals surface area contributed by atoms with E-state index in [1.165, 1.54) is 0 Å². The van der Waals surface area contributed by atoms with Gasteiger partial charge in [-0.3, -0.25) is 10.2 Å². The molecule has 0 spiro atoms. The quantitative estimate of drug-likeness (QED) is 0.585. The average molecular weight is 273 g/mol. The SMILES string of the molecule is CC(=NNc1ccc(C)cc1)C1=C(O)C(C)(C)NC1=O. The molecule has 20 heavy (non-hydrogen) atoms. The standard InChI is InChI=1S/C15H19N3O2/c1-9-5-7-11(8-6-9)18-17-10(2)12-13(19)15(3,4)16-14(12)20/h5-8,18-19H,1-4H3,(H,16,20). The van der Waals surface area contributed by atoms with Crippen LogP contribution < -0.4 is 10.7 Å². The number of rotatable bonds is 3. The Labute approximate surface area is 118 Å². The van der Waals surface area contributed by atoms with Crippen LogP contribution in [-0.2, 0) is 4.79 Å². The molecule has 0 saturated carbocycles. The van der Waals surface area contributed by atoms with Crippen LogP contribution in [-0.4, -0.2) is 22.3 Å². The molecule has 1 aromatic rings. The third-order valence-corrected chi connectivity index (χ3v) is 3.25. The van der Waals surface area contributed by atoms with Gasteiger partial charge in [0.2, 0.25) is 0 Å². The van der Waals surface area contributed by atoms with Crippen LogP contribution >= 0.6 is 0 Å². The number of benzene rings is 1. The zero-order valence-corrected chi connectivity index (χ0v) is 12.1. The van der Waals surface area contributed by atoms with Gasteiger partial charge in [-0.15, -0.1) is 0 Å². The van der Waals surface area contributed by atoms with E-state index >= 15 is 0 Å². The second kappa shape index (κ2) is 5.00. The summed E-state index contributed by atoms with van der Waals surface area (Å²) < 4.78 is 0. The summed E-state index contributed by atoms with van der Waals surface area (Å²) in [6.07, 6.45) is 0. The maximum absolute atomic E-state index is 11.9. The zero-order chi connectivity index (χ0) is 14.9. The van der Waals surface area contributed by atoms with E-state index in [-0.39, 0.29) is 17.2 Å². The highest BCUT2D eigenvalue weighted by Crippen LogP contribution is 2.25. The minimum absolute atomic E-state index is 0.0226. The zero-order valence-electron chi connectivity index (χ0n) is 12.1. The van der Waals surface area contributed by atoms with Crippen molar-refractivity contribution in [3.63, 3.8) is 0 Å². The second-order valence-corrected chi connectivity index (χ2v) is 5.48. The largest absolute Gasteiger partial charge is 0.509 e. The number of anilines is 1. The van der Waals surface area contributed by atoms with E-state index in [2.05, 4.69) is 15.8 Å². The van der Waals surface area contributed by atoms with Gasteiger partial charge < -0.3 is 10.4 Å². The summed E-state index contributed by atoms with van der Waals surface area (Å²) >= 11 is 0. The first-order valence-electron chi connectivity index (χ1n) is 6.45. The predicted octanol–water partition coefficient (Wildman–Crippen LogP) is 2.50. The minimum Gasteiger partial charge on any atom is -0.509 e. The van der Waals surface area contributed by atoms with Crippen molar-refractivity contribution < 1.29 is 9.90 Å². The normalized spacial score (nSPS) is 18.2. The number of hydrazone groups is 1. The molecule has 0 aliphatic carbocycles. The first-order valence-corrected chi connectivity index (χ1v) is 6.45. The van der Waals surface area contributed by atoms with Crippen molar-refractivity contribution in [3.05, 3.63) is 41.2 Å². The lowest BCUT2D eigenvalue weighted by molar-refractivity contribution is -0.117. The van der Waals surface area contributed by atoms with Crippen LogP contribution in [0.4, 0.5) is 5.69 Å². The minimum atomic E-state index is -0.743. The molecule has 2 rings (SSSR count). The summed E-state index contributed by atoms with van der Waals surface area (Å²) in [5.74, 6) is -0.283. The van der Waals surface area contributed by atoms with Crippen LogP contribution in [0.15, 0.2) is 40.7 Å². The Balaban J connectivity index is 2.21. The average Bonchev–Trinajstić information content (AvgIpc) is 2.57. The number of hydrogen-bond donors (Lipinski definition) is 3. The highest BCUT2D eigenvalue weighted by Gasteiger charge is 2.39. The third-order valence-electron chi connectivity index (χ3n) is 3.25. The van der Waals surface area contributed by atoms with E-state index in [9.17, 15) is 9.90 Å². The molecule has 1 aliphatic heterocycles. The molecule has 0 radical (unpaired) electrons. The lowest BCUT2D eigenvalue weighted by atomic mass is 10.0.